The molecule has 2 aliphatic rings. The fraction of sp³-hybridized carbons (Fsp3) is 0.450. The summed E-state index contributed by atoms with van der Waals surface area (Å²) in [5.41, 5.74) is 1.75. The van der Waals surface area contributed by atoms with Gasteiger partial charge in [0.05, 0.1) is 6.61 Å². The second-order valence-electron chi connectivity index (χ2n) is 6.69. The highest BCUT2D eigenvalue weighted by Gasteiger charge is 2.65. The average molecular weight is 312 g/mol. The number of hydrogen-bond donors (Lipinski definition) is 1. The van der Waals surface area contributed by atoms with Crippen molar-refractivity contribution in [1.29, 1.82) is 0 Å². The molecule has 0 radical (unpaired) electrons. The number of hydrogen-bond acceptors (Lipinski definition) is 3. The fourth-order valence-corrected chi connectivity index (χ4v) is 4.44. The number of fused-ring (bicyclic) bond motifs is 1. The summed E-state index contributed by atoms with van der Waals surface area (Å²) in [7, 11) is 0. The minimum Gasteiger partial charge on any atom is -0.465 e. The van der Waals surface area contributed by atoms with E-state index >= 15 is 0 Å². The van der Waals surface area contributed by atoms with Crippen molar-refractivity contribution in [2.24, 2.45) is 5.41 Å². The van der Waals surface area contributed by atoms with E-state index in [2.05, 4.69) is 6.58 Å². The van der Waals surface area contributed by atoms with E-state index < -0.39 is 11.0 Å². The predicted molar refractivity (Wildman–Crippen MR) is 90.7 cm³/mol. The molecular weight excluding hydrogens is 288 g/mol. The van der Waals surface area contributed by atoms with E-state index in [9.17, 15) is 9.90 Å². The summed E-state index contributed by atoms with van der Waals surface area (Å²) in [6.07, 6.45) is 2.60. The third kappa shape index (κ3) is 2.18. The van der Waals surface area contributed by atoms with Crippen LogP contribution in [0.5, 0.6) is 0 Å². The van der Waals surface area contributed by atoms with Gasteiger partial charge >= 0.3 is 5.97 Å². The van der Waals surface area contributed by atoms with Gasteiger partial charge in [-0.3, -0.25) is 4.79 Å². The lowest BCUT2D eigenvalue weighted by molar-refractivity contribution is -0.165. The van der Waals surface area contributed by atoms with Crippen LogP contribution in [-0.2, 0) is 9.53 Å². The molecule has 1 aromatic carbocycles. The van der Waals surface area contributed by atoms with E-state index in [1.54, 1.807) is 0 Å². The van der Waals surface area contributed by atoms with Crippen molar-refractivity contribution >= 4 is 11.5 Å². The van der Waals surface area contributed by atoms with Crippen molar-refractivity contribution in [1.82, 2.24) is 0 Å². The molecule has 3 heteroatoms. The molecule has 0 aromatic heterocycles. The Balaban J connectivity index is 2.16. The summed E-state index contributed by atoms with van der Waals surface area (Å²) in [5, 5.41) is 11.5. The monoisotopic (exact) mass is 312 g/mol. The molecule has 1 saturated carbocycles. The van der Waals surface area contributed by atoms with Crippen LogP contribution in [0.2, 0.25) is 0 Å². The summed E-state index contributed by atoms with van der Waals surface area (Å²) in [6, 6.07) is 9.99. The molecule has 3 nitrogen and oxygen atoms in total. The number of esters is 1. The van der Waals surface area contributed by atoms with Gasteiger partial charge in [0, 0.05) is 0 Å². The largest absolute Gasteiger partial charge is 0.465 e. The van der Waals surface area contributed by atoms with Crippen LogP contribution in [-0.4, -0.2) is 23.3 Å². The molecule has 1 aromatic rings. The highest BCUT2D eigenvalue weighted by Crippen LogP contribution is 2.63. The first-order valence-electron chi connectivity index (χ1n) is 8.31. The van der Waals surface area contributed by atoms with E-state index in [1.165, 1.54) is 0 Å². The summed E-state index contributed by atoms with van der Waals surface area (Å²) >= 11 is 0. The molecule has 2 aliphatic carbocycles. The molecule has 0 spiro atoms. The van der Waals surface area contributed by atoms with Gasteiger partial charge in [0.25, 0.3) is 0 Å². The van der Waals surface area contributed by atoms with Gasteiger partial charge < -0.3 is 9.84 Å². The number of benzene rings is 1. The van der Waals surface area contributed by atoms with Crippen LogP contribution < -0.4 is 0 Å². The number of allylic oxidation sites excluding steroid dienone is 1. The minimum absolute atomic E-state index is 0.273. The normalized spacial score (nSPS) is 29.5. The zero-order valence-corrected chi connectivity index (χ0v) is 13.9. The van der Waals surface area contributed by atoms with Gasteiger partial charge in [0.1, 0.15) is 11.0 Å². The van der Waals surface area contributed by atoms with Crippen molar-refractivity contribution in [3.8, 4) is 0 Å². The van der Waals surface area contributed by atoms with E-state index in [0.717, 1.165) is 28.7 Å². The maximum absolute atomic E-state index is 12.8. The van der Waals surface area contributed by atoms with Gasteiger partial charge in [0.15, 0.2) is 0 Å². The van der Waals surface area contributed by atoms with Crippen LogP contribution in [0.3, 0.4) is 0 Å². The highest BCUT2D eigenvalue weighted by molar-refractivity contribution is 5.90. The van der Waals surface area contributed by atoms with Crippen LogP contribution in [0.4, 0.5) is 0 Å². The van der Waals surface area contributed by atoms with Crippen LogP contribution in [0.15, 0.2) is 48.1 Å². The topological polar surface area (TPSA) is 46.5 Å². The lowest BCUT2D eigenvalue weighted by Crippen LogP contribution is -2.48. The molecule has 3 rings (SSSR count). The Kier molecular flexibility index (Phi) is 3.93. The number of carbonyl (C=O) groups excluding carboxylic acids is 1. The Bertz CT molecular complexity index is 673. The standard InChI is InChI=1S/C20H24O3/c1-4-23-18(21)19-11-8-12-20(19,22)17(14(2)3)16(13-19)15-9-6-5-7-10-15/h5-7,9-10,22H,2,4,8,11-13H2,1,3H3/t19-,20-/m0/s1. The number of aliphatic hydroxyl groups is 1. The van der Waals surface area contributed by atoms with Crippen molar-refractivity contribution in [3.05, 3.63) is 53.6 Å². The molecule has 0 unspecified atom stereocenters. The Morgan fingerprint density at radius 2 is 2.00 bits per heavy atom. The molecular formula is C20H24O3. The van der Waals surface area contributed by atoms with Crippen molar-refractivity contribution < 1.29 is 14.6 Å². The van der Waals surface area contributed by atoms with Gasteiger partial charge in [0.2, 0.25) is 0 Å². The smallest absolute Gasteiger partial charge is 0.315 e. The Labute approximate surface area is 137 Å². The molecule has 0 bridgehead atoms. The van der Waals surface area contributed by atoms with E-state index in [-0.39, 0.29) is 5.97 Å². The molecule has 1 fully saturated rings. The molecule has 122 valence electrons. The molecule has 0 saturated heterocycles. The molecule has 0 amide bonds. The molecule has 0 aliphatic heterocycles. The minimum atomic E-state index is -1.16. The zero-order valence-electron chi connectivity index (χ0n) is 13.9. The third-order valence-corrected chi connectivity index (χ3v) is 5.34. The number of carbonyl (C=O) groups is 1. The van der Waals surface area contributed by atoms with Gasteiger partial charge in [-0.25, -0.2) is 0 Å². The number of rotatable bonds is 4. The van der Waals surface area contributed by atoms with Crippen LogP contribution in [0.1, 0.15) is 45.1 Å². The Hall–Kier alpha value is -1.87. The van der Waals surface area contributed by atoms with Crippen LogP contribution in [0, 0.1) is 5.41 Å². The van der Waals surface area contributed by atoms with Crippen LogP contribution in [0.25, 0.3) is 5.57 Å². The lowest BCUT2D eigenvalue weighted by atomic mass is 9.73. The van der Waals surface area contributed by atoms with Crippen molar-refractivity contribution in [2.75, 3.05) is 6.61 Å². The Morgan fingerprint density at radius 1 is 1.30 bits per heavy atom. The maximum Gasteiger partial charge on any atom is 0.315 e. The van der Waals surface area contributed by atoms with Gasteiger partial charge in [-0.2, -0.15) is 0 Å². The van der Waals surface area contributed by atoms with Gasteiger partial charge in [-0.15, -0.1) is 0 Å². The molecule has 23 heavy (non-hydrogen) atoms. The van der Waals surface area contributed by atoms with Gasteiger partial charge in [-0.1, -0.05) is 42.5 Å². The van der Waals surface area contributed by atoms with E-state index in [4.69, 9.17) is 4.74 Å². The summed E-state index contributed by atoms with van der Waals surface area (Å²) in [6.45, 7) is 8.14. The fourth-order valence-electron chi connectivity index (χ4n) is 4.44. The second kappa shape index (κ2) is 5.64. The first-order valence-corrected chi connectivity index (χ1v) is 8.31. The van der Waals surface area contributed by atoms with Crippen LogP contribution >= 0.6 is 0 Å². The Morgan fingerprint density at radius 3 is 2.61 bits per heavy atom. The third-order valence-electron chi connectivity index (χ3n) is 5.34. The SMILES string of the molecule is C=C(C)C1=C(c2ccccc2)C[C@]2(C(=O)OCC)CCC[C@]12O. The molecule has 0 heterocycles. The predicted octanol–water partition coefficient (Wildman–Crippen LogP) is 3.88. The first kappa shape index (κ1) is 16.0. The second-order valence-corrected chi connectivity index (χ2v) is 6.69. The summed E-state index contributed by atoms with van der Waals surface area (Å²) in [4.78, 5) is 12.8. The molecule has 1 N–H and O–H groups in total. The first-order chi connectivity index (χ1) is 11.0. The summed E-state index contributed by atoms with van der Waals surface area (Å²) < 4.78 is 5.35. The maximum atomic E-state index is 12.8. The summed E-state index contributed by atoms with van der Waals surface area (Å²) in [5.74, 6) is -0.273. The number of ether oxygens (including phenoxy) is 1. The molecule has 2 atom stereocenters. The lowest BCUT2D eigenvalue weighted by Gasteiger charge is -2.36. The quantitative estimate of drug-likeness (QED) is 0.858. The van der Waals surface area contributed by atoms with E-state index in [1.807, 2.05) is 44.2 Å². The van der Waals surface area contributed by atoms with Gasteiger partial charge in [-0.05, 0) is 56.2 Å². The van der Waals surface area contributed by atoms with Crippen molar-refractivity contribution in [3.63, 3.8) is 0 Å². The van der Waals surface area contributed by atoms with E-state index in [0.29, 0.717) is 25.9 Å². The van der Waals surface area contributed by atoms with Crippen molar-refractivity contribution in [2.45, 2.75) is 45.1 Å². The zero-order chi connectivity index (χ0) is 16.7. The average Bonchev–Trinajstić information content (AvgIpc) is 2.97. The highest BCUT2D eigenvalue weighted by atomic mass is 16.5.